The van der Waals surface area contributed by atoms with Gasteiger partial charge in [-0.1, -0.05) is 12.1 Å². The van der Waals surface area contributed by atoms with Gasteiger partial charge in [0, 0.05) is 24.8 Å². The highest BCUT2D eigenvalue weighted by molar-refractivity contribution is 5.44. The molecule has 0 saturated heterocycles. The third-order valence-corrected chi connectivity index (χ3v) is 4.25. The Labute approximate surface area is 145 Å². The Kier molecular flexibility index (Phi) is 3.89. The lowest BCUT2D eigenvalue weighted by molar-refractivity contribution is 0.174. The second kappa shape index (κ2) is 6.22. The van der Waals surface area contributed by atoms with E-state index in [1.807, 2.05) is 50.4 Å². The van der Waals surface area contributed by atoms with Gasteiger partial charge < -0.3 is 9.47 Å². The third-order valence-electron chi connectivity index (χ3n) is 4.25. The van der Waals surface area contributed by atoms with E-state index >= 15 is 0 Å². The van der Waals surface area contributed by atoms with E-state index in [4.69, 9.17) is 9.47 Å². The molecule has 0 N–H and O–H groups in total. The second-order valence-electron chi connectivity index (χ2n) is 6.31. The first-order chi connectivity index (χ1) is 12.1. The van der Waals surface area contributed by atoms with Crippen LogP contribution in [0.25, 0.3) is 5.65 Å². The molecule has 0 fully saturated rings. The normalized spacial score (nSPS) is 12.9. The van der Waals surface area contributed by atoms with Crippen LogP contribution >= 0.6 is 0 Å². The van der Waals surface area contributed by atoms with E-state index < -0.39 is 0 Å². The molecular weight excluding hydrogens is 318 g/mol. The molecule has 0 unspecified atom stereocenters. The molecule has 0 amide bonds. The van der Waals surface area contributed by atoms with Gasteiger partial charge in [-0.15, -0.1) is 0 Å². The number of hydrogen-bond donors (Lipinski definition) is 0. The fourth-order valence-corrected chi connectivity index (χ4v) is 3.13. The SMILES string of the molecule is Cc1cccc2nc(CN(C)Cc3ccc4c(c3)OCO4)cc(=O)n12. The maximum atomic E-state index is 12.4. The Morgan fingerprint density at radius 1 is 1.12 bits per heavy atom. The quantitative estimate of drug-likeness (QED) is 0.731. The fourth-order valence-electron chi connectivity index (χ4n) is 3.13. The molecule has 3 aromatic rings. The minimum atomic E-state index is -0.0467. The first kappa shape index (κ1) is 15.7. The average molecular weight is 337 g/mol. The van der Waals surface area contributed by atoms with E-state index in [1.54, 1.807) is 10.5 Å². The van der Waals surface area contributed by atoms with Gasteiger partial charge in [0.2, 0.25) is 6.79 Å². The van der Waals surface area contributed by atoms with Crippen molar-refractivity contribution in [1.82, 2.24) is 14.3 Å². The highest BCUT2D eigenvalue weighted by atomic mass is 16.7. The van der Waals surface area contributed by atoms with Crippen molar-refractivity contribution in [1.29, 1.82) is 0 Å². The van der Waals surface area contributed by atoms with Gasteiger partial charge in [0.15, 0.2) is 11.5 Å². The molecule has 25 heavy (non-hydrogen) atoms. The largest absolute Gasteiger partial charge is 0.454 e. The van der Waals surface area contributed by atoms with Crippen LogP contribution in [-0.4, -0.2) is 28.1 Å². The van der Waals surface area contributed by atoms with E-state index in [2.05, 4.69) is 9.88 Å². The zero-order chi connectivity index (χ0) is 17.4. The van der Waals surface area contributed by atoms with Crippen molar-refractivity contribution in [2.24, 2.45) is 0 Å². The first-order valence-corrected chi connectivity index (χ1v) is 8.15. The smallest absolute Gasteiger partial charge is 0.258 e. The van der Waals surface area contributed by atoms with Gasteiger partial charge in [-0.3, -0.25) is 14.1 Å². The van der Waals surface area contributed by atoms with E-state index in [-0.39, 0.29) is 12.4 Å². The van der Waals surface area contributed by atoms with E-state index in [9.17, 15) is 4.79 Å². The molecule has 0 aliphatic carbocycles. The maximum Gasteiger partial charge on any atom is 0.258 e. The Morgan fingerprint density at radius 3 is 2.84 bits per heavy atom. The fraction of sp³-hybridized carbons (Fsp3) is 0.263. The number of nitrogens with zero attached hydrogens (tertiary/aromatic N) is 3. The number of fused-ring (bicyclic) bond motifs is 2. The first-order valence-electron chi connectivity index (χ1n) is 8.15. The molecule has 1 aliphatic rings. The van der Waals surface area contributed by atoms with Gasteiger partial charge >= 0.3 is 0 Å². The Balaban J connectivity index is 1.54. The zero-order valence-electron chi connectivity index (χ0n) is 14.2. The van der Waals surface area contributed by atoms with Crippen molar-refractivity contribution in [3.05, 3.63) is 69.8 Å². The number of aromatic nitrogens is 2. The average Bonchev–Trinajstić information content (AvgIpc) is 3.02. The van der Waals surface area contributed by atoms with Gasteiger partial charge in [-0.25, -0.2) is 4.98 Å². The molecule has 6 nitrogen and oxygen atoms in total. The number of rotatable bonds is 4. The van der Waals surface area contributed by atoms with Crippen LogP contribution in [0.3, 0.4) is 0 Å². The van der Waals surface area contributed by atoms with Crippen molar-refractivity contribution in [2.75, 3.05) is 13.8 Å². The molecule has 0 radical (unpaired) electrons. The molecular formula is C19H19N3O3. The Bertz CT molecular complexity index is 997. The number of hydrogen-bond acceptors (Lipinski definition) is 5. The highest BCUT2D eigenvalue weighted by Crippen LogP contribution is 2.32. The monoisotopic (exact) mass is 337 g/mol. The molecule has 0 atom stereocenters. The summed E-state index contributed by atoms with van der Waals surface area (Å²) in [6.07, 6.45) is 0. The van der Waals surface area contributed by atoms with Crippen LogP contribution in [0.2, 0.25) is 0 Å². The van der Waals surface area contributed by atoms with Crippen molar-refractivity contribution >= 4 is 5.65 Å². The number of aryl methyl sites for hydroxylation is 1. The van der Waals surface area contributed by atoms with Gasteiger partial charge in [-0.05, 0) is 43.8 Å². The second-order valence-corrected chi connectivity index (χ2v) is 6.31. The lowest BCUT2D eigenvalue weighted by Crippen LogP contribution is -2.22. The van der Waals surface area contributed by atoms with Crippen LogP contribution in [0.15, 0.2) is 47.3 Å². The predicted molar refractivity (Wildman–Crippen MR) is 93.9 cm³/mol. The van der Waals surface area contributed by atoms with E-state index in [0.29, 0.717) is 12.2 Å². The van der Waals surface area contributed by atoms with Crippen LogP contribution in [0, 0.1) is 6.92 Å². The summed E-state index contributed by atoms with van der Waals surface area (Å²) in [5.74, 6) is 1.56. The molecule has 4 rings (SSSR count). The topological polar surface area (TPSA) is 56.1 Å². The standard InChI is InChI=1S/C19H19N3O3/c1-13-4-3-5-18-20-15(9-19(23)22(13)18)11-21(2)10-14-6-7-16-17(8-14)25-12-24-16/h3-9H,10-12H2,1-2H3. The molecule has 1 aromatic carbocycles. The van der Waals surface area contributed by atoms with Gasteiger partial charge in [0.05, 0.1) is 5.69 Å². The van der Waals surface area contributed by atoms with Crippen LogP contribution in [-0.2, 0) is 13.1 Å². The molecule has 6 heteroatoms. The van der Waals surface area contributed by atoms with Crippen LogP contribution in [0.5, 0.6) is 11.5 Å². The number of pyridine rings is 1. The van der Waals surface area contributed by atoms with Crippen LogP contribution < -0.4 is 15.0 Å². The predicted octanol–water partition coefficient (Wildman–Crippen LogP) is 2.36. The third kappa shape index (κ3) is 3.08. The molecule has 0 bridgehead atoms. The molecule has 128 valence electrons. The summed E-state index contributed by atoms with van der Waals surface area (Å²) in [6, 6.07) is 13.2. The molecule has 0 saturated carbocycles. The molecule has 1 aliphatic heterocycles. The Morgan fingerprint density at radius 2 is 1.96 bits per heavy atom. The van der Waals surface area contributed by atoms with Crippen molar-refractivity contribution in [3.8, 4) is 11.5 Å². The summed E-state index contributed by atoms with van der Waals surface area (Å²) in [7, 11) is 2.00. The number of benzene rings is 1. The minimum Gasteiger partial charge on any atom is -0.454 e. The zero-order valence-corrected chi connectivity index (χ0v) is 14.2. The van der Waals surface area contributed by atoms with E-state index in [0.717, 1.165) is 35.0 Å². The number of ether oxygens (including phenoxy) is 2. The van der Waals surface area contributed by atoms with Crippen LogP contribution in [0.4, 0.5) is 0 Å². The van der Waals surface area contributed by atoms with Gasteiger partial charge in [0.1, 0.15) is 5.65 Å². The van der Waals surface area contributed by atoms with Crippen molar-refractivity contribution in [2.45, 2.75) is 20.0 Å². The Hall–Kier alpha value is -2.86. The maximum absolute atomic E-state index is 12.4. The molecule has 2 aromatic heterocycles. The highest BCUT2D eigenvalue weighted by Gasteiger charge is 2.14. The van der Waals surface area contributed by atoms with Gasteiger partial charge in [0.25, 0.3) is 5.56 Å². The molecule has 3 heterocycles. The van der Waals surface area contributed by atoms with Crippen LogP contribution in [0.1, 0.15) is 17.0 Å². The summed E-state index contributed by atoms with van der Waals surface area (Å²) >= 11 is 0. The summed E-state index contributed by atoms with van der Waals surface area (Å²) in [5, 5.41) is 0. The van der Waals surface area contributed by atoms with Crippen molar-refractivity contribution in [3.63, 3.8) is 0 Å². The van der Waals surface area contributed by atoms with Gasteiger partial charge in [-0.2, -0.15) is 0 Å². The summed E-state index contributed by atoms with van der Waals surface area (Å²) in [5.41, 5.74) is 3.41. The van der Waals surface area contributed by atoms with E-state index in [1.165, 1.54) is 0 Å². The van der Waals surface area contributed by atoms with Crippen molar-refractivity contribution < 1.29 is 9.47 Å². The molecule has 0 spiro atoms. The lowest BCUT2D eigenvalue weighted by atomic mass is 10.2. The summed E-state index contributed by atoms with van der Waals surface area (Å²) < 4.78 is 12.4. The summed E-state index contributed by atoms with van der Waals surface area (Å²) in [6.45, 7) is 3.50. The minimum absolute atomic E-state index is 0.0467. The lowest BCUT2D eigenvalue weighted by Gasteiger charge is -2.17. The summed E-state index contributed by atoms with van der Waals surface area (Å²) in [4.78, 5) is 19.1.